The fraction of sp³-hybridized carbons (Fsp3) is 0.429. The van der Waals surface area contributed by atoms with Gasteiger partial charge in [0.1, 0.15) is 10.8 Å². The summed E-state index contributed by atoms with van der Waals surface area (Å²) < 4.78 is 32.0. The van der Waals surface area contributed by atoms with Gasteiger partial charge < -0.3 is 20.7 Å². The molecule has 0 unspecified atom stereocenters. The van der Waals surface area contributed by atoms with Crippen LogP contribution in [-0.2, 0) is 9.84 Å². The molecule has 0 atom stereocenters. The molecule has 1 aliphatic heterocycles. The predicted molar refractivity (Wildman–Crippen MR) is 153 cm³/mol. The van der Waals surface area contributed by atoms with Crippen LogP contribution in [0.15, 0.2) is 47.5 Å². The van der Waals surface area contributed by atoms with Crippen LogP contribution in [0, 0.1) is 6.92 Å². The Labute approximate surface area is 230 Å². The lowest BCUT2D eigenvalue weighted by molar-refractivity contribution is -0.663. The van der Waals surface area contributed by atoms with Crippen molar-refractivity contribution < 1.29 is 18.5 Å². The molecule has 3 aromatic rings. The van der Waals surface area contributed by atoms with Crippen LogP contribution in [0.2, 0.25) is 5.02 Å². The van der Waals surface area contributed by atoms with Gasteiger partial charge in [0.25, 0.3) is 0 Å². The topological polar surface area (TPSA) is 110 Å². The standard InChI is InChI=1S/C28H36ClN5O3S/c1-17(2)37-25-15-21(20-10-12-30-13-11-20)19(5)14-24(25)33-28-31-16-22(29)27(34-28)32-23-8-6-7-9-26(23)38(35,36)18(3)4/h6-9,14-18,20,30H,10-13H2,1-5H3,(H2,31,32,33,34)/p+1. The van der Waals surface area contributed by atoms with E-state index in [4.69, 9.17) is 16.3 Å². The third-order valence-corrected chi connectivity index (χ3v) is 9.15. The van der Waals surface area contributed by atoms with Crippen molar-refractivity contribution >= 4 is 44.6 Å². The number of quaternary nitrogens is 1. The van der Waals surface area contributed by atoms with Crippen LogP contribution < -0.4 is 20.7 Å². The highest BCUT2D eigenvalue weighted by Crippen LogP contribution is 2.37. The summed E-state index contributed by atoms with van der Waals surface area (Å²) in [4.78, 5) is 9.13. The number of nitrogens with two attached hydrogens (primary N) is 1. The molecule has 0 radical (unpaired) electrons. The first kappa shape index (κ1) is 28.1. The zero-order valence-electron chi connectivity index (χ0n) is 22.6. The molecule has 10 heteroatoms. The number of aryl methyl sites for hydroxylation is 1. The Morgan fingerprint density at radius 1 is 1.05 bits per heavy atom. The second kappa shape index (κ2) is 11.9. The maximum Gasteiger partial charge on any atom is 0.229 e. The molecule has 2 heterocycles. The van der Waals surface area contributed by atoms with Gasteiger partial charge in [0.05, 0.1) is 46.9 Å². The van der Waals surface area contributed by atoms with Gasteiger partial charge in [0.15, 0.2) is 15.7 Å². The molecule has 2 aromatic carbocycles. The number of para-hydroxylation sites is 1. The molecule has 0 saturated carbocycles. The Morgan fingerprint density at radius 3 is 2.45 bits per heavy atom. The second-order valence-corrected chi connectivity index (χ2v) is 13.1. The van der Waals surface area contributed by atoms with Gasteiger partial charge in [-0.25, -0.2) is 13.4 Å². The summed E-state index contributed by atoms with van der Waals surface area (Å²) in [6.07, 6.45) is 3.78. The SMILES string of the molecule is Cc1cc(Nc2ncc(Cl)c(Nc3ccccc3S(=O)(=O)C(C)C)n2)c(OC(C)C)cc1C1CC[NH2+]CC1. The second-order valence-electron chi connectivity index (χ2n) is 10.2. The van der Waals surface area contributed by atoms with Gasteiger partial charge in [-0.1, -0.05) is 23.7 Å². The van der Waals surface area contributed by atoms with Crippen molar-refractivity contribution in [1.29, 1.82) is 0 Å². The summed E-state index contributed by atoms with van der Waals surface area (Å²) in [5.41, 5.74) is 3.68. The van der Waals surface area contributed by atoms with Crippen LogP contribution >= 0.6 is 11.6 Å². The summed E-state index contributed by atoms with van der Waals surface area (Å²) in [7, 11) is -3.52. The summed E-state index contributed by atoms with van der Waals surface area (Å²) in [5.74, 6) is 1.88. The third kappa shape index (κ3) is 6.39. The monoisotopic (exact) mass is 558 g/mol. The first-order valence-corrected chi connectivity index (χ1v) is 15.0. The zero-order chi connectivity index (χ0) is 27.4. The van der Waals surface area contributed by atoms with Crippen LogP contribution in [0.3, 0.4) is 0 Å². The van der Waals surface area contributed by atoms with Crippen LogP contribution in [0.1, 0.15) is 57.6 Å². The number of piperidine rings is 1. The number of benzene rings is 2. The van der Waals surface area contributed by atoms with E-state index in [1.54, 1.807) is 38.1 Å². The van der Waals surface area contributed by atoms with E-state index in [1.807, 2.05) is 13.8 Å². The zero-order valence-corrected chi connectivity index (χ0v) is 24.2. The van der Waals surface area contributed by atoms with Crippen LogP contribution in [0.5, 0.6) is 5.75 Å². The Balaban J connectivity index is 1.66. The number of nitrogens with zero attached hydrogens (tertiary/aromatic N) is 2. The molecule has 0 spiro atoms. The first-order chi connectivity index (χ1) is 18.1. The fourth-order valence-corrected chi connectivity index (χ4v) is 6.01. The molecule has 1 aromatic heterocycles. The average molecular weight is 559 g/mol. The summed E-state index contributed by atoms with van der Waals surface area (Å²) in [6, 6.07) is 11.0. The molecule has 0 aliphatic carbocycles. The number of anilines is 4. The maximum atomic E-state index is 12.9. The van der Waals surface area contributed by atoms with E-state index in [9.17, 15) is 8.42 Å². The summed E-state index contributed by atoms with van der Waals surface area (Å²) in [6.45, 7) is 11.7. The van der Waals surface area contributed by atoms with E-state index in [0.29, 0.717) is 23.4 Å². The van der Waals surface area contributed by atoms with Gasteiger partial charge in [0, 0.05) is 12.8 Å². The van der Waals surface area contributed by atoms with E-state index < -0.39 is 15.1 Å². The van der Waals surface area contributed by atoms with Crippen molar-refractivity contribution in [3.8, 4) is 5.75 Å². The Morgan fingerprint density at radius 2 is 1.76 bits per heavy atom. The molecule has 38 heavy (non-hydrogen) atoms. The van der Waals surface area contributed by atoms with Crippen LogP contribution in [0.25, 0.3) is 0 Å². The van der Waals surface area contributed by atoms with Gasteiger partial charge in [-0.05, 0) is 75.9 Å². The van der Waals surface area contributed by atoms with Gasteiger partial charge in [-0.3, -0.25) is 0 Å². The number of nitrogens with one attached hydrogen (secondary N) is 2. The lowest BCUT2D eigenvalue weighted by Gasteiger charge is -2.25. The normalized spacial score (nSPS) is 14.6. The molecular weight excluding hydrogens is 522 g/mol. The van der Waals surface area contributed by atoms with E-state index in [1.165, 1.54) is 17.3 Å². The molecular formula is C28H37ClN5O3S+. The molecule has 1 saturated heterocycles. The Bertz CT molecular complexity index is 1390. The molecule has 1 fully saturated rings. The van der Waals surface area contributed by atoms with E-state index in [2.05, 4.69) is 45.0 Å². The van der Waals surface area contributed by atoms with Crippen molar-refractivity contribution in [2.24, 2.45) is 0 Å². The maximum absolute atomic E-state index is 12.9. The van der Waals surface area contributed by atoms with E-state index in [0.717, 1.165) is 37.4 Å². The number of aromatic nitrogens is 2. The molecule has 4 rings (SSSR count). The van der Waals surface area contributed by atoms with Crippen molar-refractivity contribution in [3.63, 3.8) is 0 Å². The highest BCUT2D eigenvalue weighted by Gasteiger charge is 2.24. The number of hydrogen-bond acceptors (Lipinski definition) is 7. The quantitative estimate of drug-likeness (QED) is 0.325. The van der Waals surface area contributed by atoms with Crippen molar-refractivity contribution in [2.45, 2.75) is 69.6 Å². The highest BCUT2D eigenvalue weighted by atomic mass is 35.5. The highest BCUT2D eigenvalue weighted by molar-refractivity contribution is 7.92. The molecule has 204 valence electrons. The molecule has 0 amide bonds. The van der Waals surface area contributed by atoms with Gasteiger partial charge in [-0.2, -0.15) is 4.98 Å². The van der Waals surface area contributed by atoms with Crippen LogP contribution in [0.4, 0.5) is 23.1 Å². The fourth-order valence-electron chi connectivity index (χ4n) is 4.67. The largest absolute Gasteiger partial charge is 0.489 e. The Kier molecular flexibility index (Phi) is 8.80. The molecule has 8 nitrogen and oxygen atoms in total. The summed E-state index contributed by atoms with van der Waals surface area (Å²) in [5, 5.41) is 8.47. The number of rotatable bonds is 9. The minimum absolute atomic E-state index is 0.00596. The van der Waals surface area contributed by atoms with Gasteiger partial charge in [0.2, 0.25) is 5.95 Å². The Hall–Kier alpha value is -2.88. The summed E-state index contributed by atoms with van der Waals surface area (Å²) >= 11 is 6.42. The first-order valence-electron chi connectivity index (χ1n) is 13.1. The smallest absolute Gasteiger partial charge is 0.229 e. The van der Waals surface area contributed by atoms with E-state index in [-0.39, 0.29) is 16.0 Å². The lowest BCUT2D eigenvalue weighted by Crippen LogP contribution is -2.86. The van der Waals surface area contributed by atoms with Crippen molar-refractivity contribution in [2.75, 3.05) is 23.7 Å². The van der Waals surface area contributed by atoms with E-state index >= 15 is 0 Å². The van der Waals surface area contributed by atoms with Gasteiger partial charge >= 0.3 is 0 Å². The third-order valence-electron chi connectivity index (χ3n) is 6.67. The minimum Gasteiger partial charge on any atom is -0.489 e. The molecule has 0 bridgehead atoms. The van der Waals surface area contributed by atoms with Crippen LogP contribution in [-0.4, -0.2) is 42.8 Å². The number of ether oxygens (including phenoxy) is 1. The minimum atomic E-state index is -3.52. The predicted octanol–water partition coefficient (Wildman–Crippen LogP) is 5.34. The molecule has 4 N–H and O–H groups in total. The molecule has 1 aliphatic rings. The lowest BCUT2D eigenvalue weighted by atomic mass is 9.87. The van der Waals surface area contributed by atoms with Crippen molar-refractivity contribution in [3.05, 3.63) is 58.7 Å². The number of halogens is 1. The van der Waals surface area contributed by atoms with Gasteiger partial charge in [-0.15, -0.1) is 0 Å². The van der Waals surface area contributed by atoms with Crippen molar-refractivity contribution in [1.82, 2.24) is 9.97 Å². The number of hydrogen-bond donors (Lipinski definition) is 3. The number of sulfone groups is 1. The average Bonchev–Trinajstić information content (AvgIpc) is 2.88.